The number of nitrogens with zero attached hydrogens (tertiary/aromatic N) is 1. The number of anilines is 2. The molecule has 0 fully saturated rings. The van der Waals surface area contributed by atoms with Crippen LogP contribution in [-0.4, -0.2) is 20.9 Å². The topological polar surface area (TPSA) is 66.5 Å². The summed E-state index contributed by atoms with van der Waals surface area (Å²) in [5.41, 5.74) is 1.13. The van der Waals surface area contributed by atoms with Crippen molar-refractivity contribution < 1.29 is 17.6 Å². The monoisotopic (exact) mass is 368 g/mol. The van der Waals surface area contributed by atoms with Gasteiger partial charge in [-0.25, -0.2) is 12.8 Å². The van der Waals surface area contributed by atoms with Crippen LogP contribution in [0.15, 0.2) is 41.3 Å². The lowest BCUT2D eigenvalue weighted by atomic mass is 10.2. The van der Waals surface area contributed by atoms with E-state index >= 15 is 0 Å². The summed E-state index contributed by atoms with van der Waals surface area (Å²) in [5.74, 6) is -0.901. The fourth-order valence-electron chi connectivity index (χ4n) is 2.65. The molecule has 0 spiro atoms. The maximum absolute atomic E-state index is 14.2. The van der Waals surface area contributed by atoms with Gasteiger partial charge >= 0.3 is 0 Å². The van der Waals surface area contributed by atoms with E-state index in [0.717, 1.165) is 10.4 Å². The number of sulfonamides is 1. The molecule has 5 nitrogen and oxygen atoms in total. The summed E-state index contributed by atoms with van der Waals surface area (Å²) in [6.45, 7) is 1.67. The van der Waals surface area contributed by atoms with Crippen LogP contribution in [0.2, 0.25) is 5.02 Å². The van der Waals surface area contributed by atoms with Crippen molar-refractivity contribution in [1.82, 2.24) is 0 Å². The number of hydrogen-bond acceptors (Lipinski definition) is 3. The molecule has 1 aliphatic rings. The van der Waals surface area contributed by atoms with Crippen LogP contribution in [0.4, 0.5) is 15.8 Å². The smallest absolute Gasteiger partial charge is 0.264 e. The Kier molecular flexibility index (Phi) is 4.23. The molecule has 1 aliphatic heterocycles. The summed E-state index contributed by atoms with van der Waals surface area (Å²) in [7, 11) is -3.97. The normalized spacial score (nSPS) is 13.5. The summed E-state index contributed by atoms with van der Waals surface area (Å²) in [4.78, 5) is 11.4. The van der Waals surface area contributed by atoms with Gasteiger partial charge in [0.15, 0.2) is 0 Å². The second kappa shape index (κ2) is 6.07. The van der Waals surface area contributed by atoms with Crippen molar-refractivity contribution in [3.05, 3.63) is 52.8 Å². The van der Waals surface area contributed by atoms with Crippen LogP contribution in [0.25, 0.3) is 0 Å². The minimum atomic E-state index is -3.97. The van der Waals surface area contributed by atoms with Crippen LogP contribution in [0.3, 0.4) is 0 Å². The van der Waals surface area contributed by atoms with Crippen LogP contribution in [0.1, 0.15) is 12.5 Å². The maximum Gasteiger partial charge on any atom is 0.264 e. The Balaban J connectivity index is 2.05. The van der Waals surface area contributed by atoms with Gasteiger partial charge < -0.3 is 5.32 Å². The molecule has 0 unspecified atom stereocenters. The van der Waals surface area contributed by atoms with Gasteiger partial charge in [0.05, 0.1) is 17.0 Å². The van der Waals surface area contributed by atoms with Crippen LogP contribution in [0.5, 0.6) is 0 Å². The zero-order chi connectivity index (χ0) is 17.5. The number of carbonyl (C=O) groups excluding carboxylic acids is 1. The maximum atomic E-state index is 14.2. The zero-order valence-electron chi connectivity index (χ0n) is 12.7. The number of benzene rings is 2. The molecule has 0 saturated carbocycles. The molecule has 0 aromatic heterocycles. The molecule has 0 aliphatic carbocycles. The molecule has 8 heteroatoms. The first-order chi connectivity index (χ1) is 11.3. The van der Waals surface area contributed by atoms with Gasteiger partial charge in [0.1, 0.15) is 5.82 Å². The molecule has 2 aromatic carbocycles. The van der Waals surface area contributed by atoms with Crippen LogP contribution >= 0.6 is 11.6 Å². The predicted octanol–water partition coefficient (Wildman–Crippen LogP) is 3.19. The minimum absolute atomic E-state index is 0.00829. The first-order valence-corrected chi connectivity index (χ1v) is 9.05. The molecule has 3 rings (SSSR count). The van der Waals surface area contributed by atoms with E-state index in [1.165, 1.54) is 24.3 Å². The second-order valence-electron chi connectivity index (χ2n) is 5.31. The number of amides is 1. The summed E-state index contributed by atoms with van der Waals surface area (Å²) < 4.78 is 40.9. The Morgan fingerprint density at radius 1 is 1.25 bits per heavy atom. The number of nitrogens with one attached hydrogen (secondary N) is 1. The summed E-state index contributed by atoms with van der Waals surface area (Å²) in [5, 5.41) is 2.83. The average molecular weight is 369 g/mol. The van der Waals surface area contributed by atoms with Gasteiger partial charge in [-0.2, -0.15) is 0 Å². The van der Waals surface area contributed by atoms with E-state index in [1.54, 1.807) is 13.0 Å². The Bertz CT molecular complexity index is 931. The van der Waals surface area contributed by atoms with Crippen molar-refractivity contribution in [3.63, 3.8) is 0 Å². The van der Waals surface area contributed by atoms with E-state index in [0.29, 0.717) is 11.3 Å². The molecule has 1 N–H and O–H groups in total. The predicted molar refractivity (Wildman–Crippen MR) is 90.4 cm³/mol. The first kappa shape index (κ1) is 16.7. The number of rotatable bonds is 4. The van der Waals surface area contributed by atoms with Crippen molar-refractivity contribution in [2.45, 2.75) is 18.2 Å². The van der Waals surface area contributed by atoms with Gasteiger partial charge in [-0.05, 0) is 48.9 Å². The fraction of sp³-hybridized carbons (Fsp3) is 0.188. The van der Waals surface area contributed by atoms with Gasteiger partial charge in [-0.3, -0.25) is 9.10 Å². The number of carbonyl (C=O) groups is 1. The zero-order valence-corrected chi connectivity index (χ0v) is 14.3. The highest BCUT2D eigenvalue weighted by Gasteiger charge is 2.28. The highest BCUT2D eigenvalue weighted by molar-refractivity contribution is 7.92. The minimum Gasteiger partial charge on any atom is -0.326 e. The Hall–Kier alpha value is -2.12. The van der Waals surface area contributed by atoms with E-state index in [4.69, 9.17) is 11.6 Å². The molecule has 0 atom stereocenters. The quantitative estimate of drug-likeness (QED) is 0.901. The molecular weight excluding hydrogens is 355 g/mol. The number of fused-ring (bicyclic) bond motifs is 1. The van der Waals surface area contributed by atoms with E-state index in [9.17, 15) is 17.6 Å². The van der Waals surface area contributed by atoms with Crippen LogP contribution in [0, 0.1) is 5.82 Å². The molecular formula is C16H14ClFN2O3S. The lowest BCUT2D eigenvalue weighted by Crippen LogP contribution is -2.31. The largest absolute Gasteiger partial charge is 0.326 e. The highest BCUT2D eigenvalue weighted by Crippen LogP contribution is 2.31. The first-order valence-electron chi connectivity index (χ1n) is 7.23. The highest BCUT2D eigenvalue weighted by atomic mass is 35.5. The van der Waals surface area contributed by atoms with Crippen molar-refractivity contribution in [2.75, 3.05) is 16.2 Å². The lowest BCUT2D eigenvalue weighted by molar-refractivity contribution is -0.115. The number of halogens is 2. The summed E-state index contributed by atoms with van der Waals surface area (Å²) in [6, 6.07) is 8.22. The number of hydrogen-bond donors (Lipinski definition) is 1. The van der Waals surface area contributed by atoms with Gasteiger partial charge in [0.25, 0.3) is 10.0 Å². The van der Waals surface area contributed by atoms with E-state index < -0.39 is 15.8 Å². The van der Waals surface area contributed by atoms with E-state index in [2.05, 4.69) is 5.32 Å². The molecule has 0 saturated heterocycles. The molecule has 24 heavy (non-hydrogen) atoms. The van der Waals surface area contributed by atoms with E-state index in [1.807, 2.05) is 0 Å². The molecule has 0 radical (unpaired) electrons. The summed E-state index contributed by atoms with van der Waals surface area (Å²) >= 11 is 5.73. The summed E-state index contributed by atoms with van der Waals surface area (Å²) in [6.07, 6.45) is 0.125. The molecule has 2 aromatic rings. The Morgan fingerprint density at radius 2 is 2.00 bits per heavy atom. The van der Waals surface area contributed by atoms with Crippen molar-refractivity contribution in [1.29, 1.82) is 0 Å². The third-order valence-electron chi connectivity index (χ3n) is 3.76. The molecule has 1 heterocycles. The third-order valence-corrected chi connectivity index (χ3v) is 5.88. The fourth-order valence-corrected chi connectivity index (χ4v) is 4.34. The Labute approximate surface area is 144 Å². The Morgan fingerprint density at radius 3 is 2.67 bits per heavy atom. The third kappa shape index (κ3) is 2.85. The molecule has 0 bridgehead atoms. The van der Waals surface area contributed by atoms with Gasteiger partial charge in [0.2, 0.25) is 5.91 Å². The standard InChI is InChI=1S/C16H14ClFN2O3S/c1-2-20(15-6-3-11(17)9-13(15)18)24(22,23)12-4-5-14-10(7-12)8-16(21)19-14/h3-7,9H,2,8H2,1H3,(H,19,21). The lowest BCUT2D eigenvalue weighted by Gasteiger charge is -2.23. The van der Waals surface area contributed by atoms with E-state index in [-0.39, 0.29) is 34.5 Å². The molecule has 1 amide bonds. The van der Waals surface area contributed by atoms with Crippen molar-refractivity contribution >= 4 is 38.9 Å². The van der Waals surface area contributed by atoms with Crippen LogP contribution in [-0.2, 0) is 21.2 Å². The second-order valence-corrected chi connectivity index (χ2v) is 7.61. The van der Waals surface area contributed by atoms with Gasteiger partial charge in [-0.1, -0.05) is 11.6 Å². The van der Waals surface area contributed by atoms with Crippen molar-refractivity contribution in [3.8, 4) is 0 Å². The van der Waals surface area contributed by atoms with Crippen molar-refractivity contribution in [2.24, 2.45) is 0 Å². The van der Waals surface area contributed by atoms with Crippen LogP contribution < -0.4 is 9.62 Å². The molecule has 126 valence electrons. The average Bonchev–Trinajstić information content (AvgIpc) is 2.89. The van der Waals surface area contributed by atoms with Gasteiger partial charge in [0, 0.05) is 17.3 Å². The SMILES string of the molecule is CCN(c1ccc(Cl)cc1F)S(=O)(=O)c1ccc2c(c1)CC(=O)N2. The van der Waals surface area contributed by atoms with Gasteiger partial charge in [-0.15, -0.1) is 0 Å².